The van der Waals surface area contributed by atoms with E-state index in [9.17, 15) is 24.6 Å². The van der Waals surface area contributed by atoms with Crippen LogP contribution in [0.3, 0.4) is 0 Å². The molecule has 304 valence electrons. The minimum Gasteiger partial charge on any atom is -0.507 e. The second-order valence-electron chi connectivity index (χ2n) is 15.8. The molecule has 0 bridgehead atoms. The van der Waals surface area contributed by atoms with Crippen molar-refractivity contribution >= 4 is 57.0 Å². The number of hydrogen-bond acceptors (Lipinski definition) is 14. The van der Waals surface area contributed by atoms with Crippen LogP contribution >= 0.6 is 22.7 Å². The number of para-hydroxylation sites is 1. The molecule has 2 aromatic carbocycles. The molecular formula is C41H48N10O5S2. The number of nitrogens with two attached hydrogens (primary N) is 1. The number of piperazine rings is 1. The number of amides is 3. The van der Waals surface area contributed by atoms with E-state index >= 15 is 0 Å². The van der Waals surface area contributed by atoms with E-state index in [1.807, 2.05) is 76.5 Å². The minimum atomic E-state index is -1.00. The molecule has 2 aliphatic heterocycles. The molecule has 0 spiro atoms. The van der Waals surface area contributed by atoms with Gasteiger partial charge in [-0.15, -0.1) is 32.9 Å². The third-order valence-electron chi connectivity index (χ3n) is 10.6. The SMILES string of the molecule is Cc1ncsc1-c1ccc([C@H](C)NC(=O)[C@@H]2C[C@@H](O)CN2C(=O)[C@@H](NC(=O)c2csc(N3CCN(c4cc(-c5ccccc5O)nnc4N)CC3)n2)C(C)(C)C)cc1. The number of rotatable bonds is 10. The summed E-state index contributed by atoms with van der Waals surface area (Å²) >= 11 is 2.91. The van der Waals surface area contributed by atoms with Gasteiger partial charge in [-0.2, -0.15) is 0 Å². The molecular weight excluding hydrogens is 777 g/mol. The van der Waals surface area contributed by atoms with Gasteiger partial charge in [0, 0.05) is 50.1 Å². The number of nitrogens with zero attached hydrogens (tertiary/aromatic N) is 7. The number of β-amino-alcohol motifs (C(OH)–C–C–N with tert-alkyl or cyclic N) is 1. The van der Waals surface area contributed by atoms with Crippen molar-refractivity contribution in [3.05, 3.63) is 82.4 Å². The summed E-state index contributed by atoms with van der Waals surface area (Å²) in [6.45, 7) is 11.8. The monoisotopic (exact) mass is 824 g/mol. The van der Waals surface area contributed by atoms with Crippen LogP contribution in [0.15, 0.2) is 65.5 Å². The molecule has 2 fully saturated rings. The number of nitrogens with one attached hydrogen (secondary N) is 2. The van der Waals surface area contributed by atoms with Gasteiger partial charge in [0.2, 0.25) is 11.8 Å². The minimum absolute atomic E-state index is 0.0271. The molecule has 2 aliphatic rings. The van der Waals surface area contributed by atoms with Crippen molar-refractivity contribution in [1.29, 1.82) is 0 Å². The average Bonchev–Trinajstić information content (AvgIpc) is 3.97. The van der Waals surface area contributed by atoms with Crippen molar-refractivity contribution in [2.24, 2.45) is 5.41 Å². The predicted octanol–water partition coefficient (Wildman–Crippen LogP) is 4.63. The van der Waals surface area contributed by atoms with E-state index < -0.39 is 35.4 Å². The van der Waals surface area contributed by atoms with Crippen LogP contribution in [0.1, 0.15) is 61.9 Å². The normalized spacial score (nSPS) is 18.2. The Labute approximate surface area is 345 Å². The Kier molecular flexibility index (Phi) is 11.7. The number of carbonyl (C=O) groups is 3. The van der Waals surface area contributed by atoms with Crippen LogP contribution in [0.4, 0.5) is 16.6 Å². The zero-order chi connectivity index (χ0) is 41.3. The number of carbonyl (C=O) groups excluding carboxylic acids is 3. The van der Waals surface area contributed by atoms with E-state index in [0.717, 1.165) is 27.4 Å². The summed E-state index contributed by atoms with van der Waals surface area (Å²) in [6, 6.07) is 14.4. The van der Waals surface area contributed by atoms with E-state index in [-0.39, 0.29) is 42.2 Å². The molecule has 7 rings (SSSR count). The van der Waals surface area contributed by atoms with Crippen molar-refractivity contribution in [3.63, 3.8) is 0 Å². The zero-order valence-electron chi connectivity index (χ0n) is 33.0. The fraction of sp³-hybridized carbons (Fsp3) is 0.390. The lowest BCUT2D eigenvalue weighted by atomic mass is 9.85. The highest BCUT2D eigenvalue weighted by Crippen LogP contribution is 2.33. The van der Waals surface area contributed by atoms with Crippen molar-refractivity contribution in [2.75, 3.05) is 48.3 Å². The summed E-state index contributed by atoms with van der Waals surface area (Å²) in [5.74, 6) is -0.934. The molecule has 3 aromatic heterocycles. The molecule has 5 heterocycles. The largest absolute Gasteiger partial charge is 0.507 e. The first-order chi connectivity index (χ1) is 27.7. The topological polar surface area (TPSA) is 203 Å². The highest BCUT2D eigenvalue weighted by atomic mass is 32.1. The zero-order valence-corrected chi connectivity index (χ0v) is 34.7. The molecule has 15 nitrogen and oxygen atoms in total. The number of anilines is 3. The number of aryl methyl sites for hydroxylation is 1. The average molecular weight is 825 g/mol. The molecule has 2 saturated heterocycles. The Balaban J connectivity index is 0.979. The van der Waals surface area contributed by atoms with Gasteiger partial charge in [-0.25, -0.2) is 9.97 Å². The number of benzene rings is 2. The quantitative estimate of drug-likeness (QED) is 0.131. The molecule has 0 saturated carbocycles. The molecule has 3 amide bonds. The Hall–Kier alpha value is -5.65. The lowest BCUT2D eigenvalue weighted by Crippen LogP contribution is -2.57. The van der Waals surface area contributed by atoms with Crippen LogP contribution in [0, 0.1) is 12.3 Å². The van der Waals surface area contributed by atoms with Crippen LogP contribution in [0.5, 0.6) is 5.75 Å². The molecule has 58 heavy (non-hydrogen) atoms. The first kappa shape index (κ1) is 40.5. The number of aliphatic hydroxyl groups is 1. The Morgan fingerprint density at radius 1 is 0.966 bits per heavy atom. The number of thiazole rings is 2. The summed E-state index contributed by atoms with van der Waals surface area (Å²) in [5.41, 5.74) is 12.2. The summed E-state index contributed by atoms with van der Waals surface area (Å²) in [7, 11) is 0. The number of aliphatic hydroxyl groups excluding tert-OH is 1. The summed E-state index contributed by atoms with van der Waals surface area (Å²) in [6.07, 6.45) is -0.802. The number of phenols is 1. The number of likely N-dealkylation sites (tertiary alicyclic amines) is 1. The van der Waals surface area contributed by atoms with E-state index in [1.54, 1.807) is 34.9 Å². The first-order valence-corrected chi connectivity index (χ1v) is 20.9. The number of aromatic hydroxyl groups is 1. The predicted molar refractivity (Wildman–Crippen MR) is 226 cm³/mol. The standard InChI is InChI=1S/C41H48N10O5S2/c1-23(25-10-12-26(13-11-25)34-24(2)43-22-58-34)44-38(55)32-18-27(52)20-51(32)39(56)35(41(3,4)5)46-37(54)30-21-57-40(45-30)50-16-14-49(15-17-50)31-19-29(47-48-36(31)42)28-8-6-7-9-33(28)53/h6-13,19,21-23,27,32,35,52-53H,14-18,20H2,1-5H3,(H2,42,48)(H,44,55)(H,46,54)/t23-,27+,32-,35+/m0/s1. The van der Waals surface area contributed by atoms with Gasteiger partial charge in [0.1, 0.15) is 23.5 Å². The van der Waals surface area contributed by atoms with Crippen LogP contribution in [-0.4, -0.2) is 104 Å². The lowest BCUT2D eigenvalue weighted by Gasteiger charge is -2.36. The highest BCUT2D eigenvalue weighted by molar-refractivity contribution is 7.14. The molecule has 6 N–H and O–H groups in total. The maximum absolute atomic E-state index is 14.3. The van der Waals surface area contributed by atoms with Crippen molar-refractivity contribution in [3.8, 4) is 27.4 Å². The molecule has 0 aliphatic carbocycles. The fourth-order valence-corrected chi connectivity index (χ4v) is 9.01. The second-order valence-corrected chi connectivity index (χ2v) is 17.5. The first-order valence-electron chi connectivity index (χ1n) is 19.1. The number of hydrogen-bond donors (Lipinski definition) is 5. The number of phenolic OH excluding ortho intramolecular Hbond substituents is 1. The third kappa shape index (κ3) is 8.61. The maximum atomic E-state index is 14.3. The maximum Gasteiger partial charge on any atom is 0.271 e. The molecule has 0 radical (unpaired) electrons. The van der Waals surface area contributed by atoms with E-state index in [0.29, 0.717) is 42.6 Å². The fourth-order valence-electron chi connectivity index (χ4n) is 7.34. The summed E-state index contributed by atoms with van der Waals surface area (Å²) in [4.78, 5) is 57.4. The molecule has 4 atom stereocenters. The van der Waals surface area contributed by atoms with Gasteiger partial charge in [0.15, 0.2) is 10.9 Å². The van der Waals surface area contributed by atoms with Gasteiger partial charge in [0.05, 0.1) is 39.6 Å². The molecule has 17 heteroatoms. The summed E-state index contributed by atoms with van der Waals surface area (Å²) < 4.78 is 0. The number of aromatic nitrogens is 4. The van der Waals surface area contributed by atoms with Gasteiger partial charge in [-0.05, 0) is 48.6 Å². The van der Waals surface area contributed by atoms with E-state index in [4.69, 9.17) is 5.73 Å². The van der Waals surface area contributed by atoms with Crippen LogP contribution in [0.2, 0.25) is 0 Å². The summed E-state index contributed by atoms with van der Waals surface area (Å²) in [5, 5.41) is 37.7. The van der Waals surface area contributed by atoms with Crippen LogP contribution < -0.4 is 26.2 Å². The van der Waals surface area contributed by atoms with Gasteiger partial charge in [0.25, 0.3) is 5.91 Å². The smallest absolute Gasteiger partial charge is 0.271 e. The van der Waals surface area contributed by atoms with Gasteiger partial charge in [-0.1, -0.05) is 57.2 Å². The Morgan fingerprint density at radius 2 is 1.67 bits per heavy atom. The molecule has 0 unspecified atom stereocenters. The van der Waals surface area contributed by atoms with Crippen molar-refractivity contribution in [2.45, 2.75) is 65.3 Å². The van der Waals surface area contributed by atoms with Crippen LogP contribution in [-0.2, 0) is 9.59 Å². The second kappa shape index (κ2) is 16.7. The van der Waals surface area contributed by atoms with Gasteiger partial charge >= 0.3 is 0 Å². The van der Waals surface area contributed by atoms with Crippen molar-refractivity contribution in [1.82, 2.24) is 35.7 Å². The Morgan fingerprint density at radius 3 is 2.34 bits per heavy atom. The highest BCUT2D eigenvalue weighted by Gasteiger charge is 2.45. The van der Waals surface area contributed by atoms with Gasteiger partial charge in [-0.3, -0.25) is 14.4 Å². The van der Waals surface area contributed by atoms with Crippen LogP contribution in [0.25, 0.3) is 21.7 Å². The van der Waals surface area contributed by atoms with Gasteiger partial charge < -0.3 is 41.3 Å². The number of nitrogen functional groups attached to an aromatic ring is 1. The van der Waals surface area contributed by atoms with E-state index in [2.05, 4.69) is 40.6 Å². The lowest BCUT2D eigenvalue weighted by molar-refractivity contribution is -0.142. The van der Waals surface area contributed by atoms with Crippen molar-refractivity contribution < 1.29 is 24.6 Å². The Bertz CT molecular complexity index is 2280. The third-order valence-corrected chi connectivity index (χ3v) is 12.5. The molecule has 5 aromatic rings. The van der Waals surface area contributed by atoms with E-state index in [1.165, 1.54) is 16.2 Å².